The van der Waals surface area contributed by atoms with E-state index in [1.807, 2.05) is 6.92 Å². The smallest absolute Gasteiger partial charge is 0.232 e. The normalized spacial score (nSPS) is 14.2. The van der Waals surface area contributed by atoms with Crippen molar-refractivity contribution in [1.29, 1.82) is 0 Å². The molecule has 6 heteroatoms. The molecule has 0 radical (unpaired) electrons. The van der Waals surface area contributed by atoms with Crippen molar-refractivity contribution in [3.05, 3.63) is 17.3 Å². The Kier molecular flexibility index (Phi) is 5.46. The second kappa shape index (κ2) is 6.33. The number of nitrogens with zero attached hydrogens (tertiary/aromatic N) is 1. The monoisotopic (exact) mass is 316 g/mol. The minimum absolute atomic E-state index is 0.00805. The van der Waals surface area contributed by atoms with E-state index in [4.69, 9.17) is 26.5 Å². The fraction of sp³-hybridized carbons (Fsp3) is 0.643. The van der Waals surface area contributed by atoms with Crippen molar-refractivity contribution >= 4 is 25.6 Å². The van der Waals surface area contributed by atoms with Gasteiger partial charge in [0.15, 0.2) is 8.32 Å². The molecule has 1 rings (SSSR count). The van der Waals surface area contributed by atoms with E-state index in [9.17, 15) is 0 Å². The lowest BCUT2D eigenvalue weighted by atomic mass is 10.2. The molecule has 0 aliphatic carbocycles. The summed E-state index contributed by atoms with van der Waals surface area (Å²) in [4.78, 5) is 4.07. The number of hydrogen-bond donors (Lipinski definition) is 1. The molecule has 0 amide bonds. The Morgan fingerprint density at radius 2 is 2.00 bits per heavy atom. The van der Waals surface area contributed by atoms with E-state index in [0.717, 1.165) is 0 Å². The number of nitrogen functional groups attached to an aromatic ring is 1. The number of ether oxygens (including phenoxy) is 1. The first-order valence-electron chi connectivity index (χ1n) is 6.74. The molecule has 1 heterocycles. The first-order valence-corrected chi connectivity index (χ1v) is 10.0. The molecule has 0 saturated carbocycles. The van der Waals surface area contributed by atoms with Gasteiger partial charge in [-0.1, -0.05) is 32.4 Å². The minimum atomic E-state index is -1.78. The lowest BCUT2D eigenvalue weighted by Crippen LogP contribution is -2.44. The van der Waals surface area contributed by atoms with Crippen LogP contribution in [0.25, 0.3) is 0 Å². The maximum absolute atomic E-state index is 6.21. The van der Waals surface area contributed by atoms with Crippen LogP contribution in [0.3, 0.4) is 0 Å². The van der Waals surface area contributed by atoms with Gasteiger partial charge in [0.25, 0.3) is 0 Å². The van der Waals surface area contributed by atoms with Gasteiger partial charge in [-0.2, -0.15) is 0 Å². The highest BCUT2D eigenvalue weighted by Gasteiger charge is 2.38. The summed E-state index contributed by atoms with van der Waals surface area (Å²) in [6.07, 6.45) is 1.52. The van der Waals surface area contributed by atoms with Crippen molar-refractivity contribution in [2.24, 2.45) is 0 Å². The van der Waals surface area contributed by atoms with Gasteiger partial charge in [-0.05, 0) is 31.1 Å². The Labute approximate surface area is 127 Å². The summed E-state index contributed by atoms with van der Waals surface area (Å²) >= 11 is 6.02. The SMILES string of the molecule is C[C@H](COc1ncc(N)cc1Cl)O[Si](C)(C)C(C)(C)C. The molecular weight excluding hydrogens is 292 g/mol. The highest BCUT2D eigenvalue weighted by atomic mass is 35.5. The Balaban J connectivity index is 2.58. The fourth-order valence-corrected chi connectivity index (χ4v) is 3.11. The largest absolute Gasteiger partial charge is 0.474 e. The Morgan fingerprint density at radius 1 is 1.40 bits per heavy atom. The predicted octanol–water partition coefficient (Wildman–Crippen LogP) is 4.11. The van der Waals surface area contributed by atoms with Crippen molar-refractivity contribution in [1.82, 2.24) is 4.98 Å². The van der Waals surface area contributed by atoms with Crippen molar-refractivity contribution in [2.45, 2.75) is 51.9 Å². The van der Waals surface area contributed by atoms with Gasteiger partial charge in [-0.15, -0.1) is 0 Å². The molecule has 0 saturated heterocycles. The van der Waals surface area contributed by atoms with Gasteiger partial charge in [0.1, 0.15) is 11.6 Å². The summed E-state index contributed by atoms with van der Waals surface area (Å²) < 4.78 is 11.8. The molecule has 114 valence electrons. The van der Waals surface area contributed by atoms with Crippen LogP contribution < -0.4 is 10.5 Å². The number of hydrogen-bond acceptors (Lipinski definition) is 4. The lowest BCUT2D eigenvalue weighted by Gasteiger charge is -2.38. The third kappa shape index (κ3) is 4.65. The van der Waals surface area contributed by atoms with Crippen LogP contribution in [0.5, 0.6) is 5.88 Å². The average molecular weight is 317 g/mol. The first-order chi connectivity index (χ1) is 9.03. The standard InChI is InChI=1S/C14H25ClN2O2Si/c1-10(19-20(5,6)14(2,3)4)9-18-13-12(15)7-11(16)8-17-13/h7-8,10H,9,16H2,1-6H3/t10-/m1/s1. The Bertz CT molecular complexity index is 461. The van der Waals surface area contributed by atoms with Crippen molar-refractivity contribution in [2.75, 3.05) is 12.3 Å². The third-order valence-electron chi connectivity index (χ3n) is 3.59. The summed E-state index contributed by atoms with van der Waals surface area (Å²) in [6, 6.07) is 1.63. The molecule has 0 aliphatic heterocycles. The van der Waals surface area contributed by atoms with E-state index in [0.29, 0.717) is 23.2 Å². The topological polar surface area (TPSA) is 57.4 Å². The Hall–Kier alpha value is -0.783. The summed E-state index contributed by atoms with van der Waals surface area (Å²) in [6.45, 7) is 13.5. The second-order valence-corrected chi connectivity index (χ2v) is 11.7. The zero-order chi connectivity index (χ0) is 15.6. The summed E-state index contributed by atoms with van der Waals surface area (Å²) in [5.41, 5.74) is 6.11. The van der Waals surface area contributed by atoms with E-state index < -0.39 is 8.32 Å². The van der Waals surface area contributed by atoms with Gasteiger partial charge < -0.3 is 14.9 Å². The van der Waals surface area contributed by atoms with E-state index in [1.54, 1.807) is 6.07 Å². The number of aromatic nitrogens is 1. The summed E-state index contributed by atoms with van der Waals surface area (Å²) in [5, 5.41) is 0.600. The molecule has 20 heavy (non-hydrogen) atoms. The maximum atomic E-state index is 6.21. The first kappa shape index (κ1) is 17.3. The van der Waals surface area contributed by atoms with Crippen LogP contribution in [0, 0.1) is 0 Å². The zero-order valence-electron chi connectivity index (χ0n) is 13.2. The van der Waals surface area contributed by atoms with Crippen LogP contribution in [0.1, 0.15) is 27.7 Å². The van der Waals surface area contributed by atoms with Gasteiger partial charge in [0.2, 0.25) is 5.88 Å². The molecule has 0 unspecified atom stereocenters. The molecular formula is C14H25ClN2O2Si. The summed E-state index contributed by atoms with van der Waals surface area (Å²) in [5.74, 6) is 0.395. The molecule has 2 N–H and O–H groups in total. The maximum Gasteiger partial charge on any atom is 0.232 e. The molecule has 0 bridgehead atoms. The van der Waals surface area contributed by atoms with Crippen LogP contribution >= 0.6 is 11.6 Å². The van der Waals surface area contributed by atoms with E-state index >= 15 is 0 Å². The molecule has 0 aliphatic rings. The van der Waals surface area contributed by atoms with Gasteiger partial charge in [0.05, 0.1) is 18.0 Å². The predicted molar refractivity (Wildman–Crippen MR) is 86.9 cm³/mol. The molecule has 0 fully saturated rings. The molecule has 0 spiro atoms. The van der Waals surface area contributed by atoms with Gasteiger partial charge in [0, 0.05) is 0 Å². The fourth-order valence-electron chi connectivity index (χ4n) is 1.46. The number of pyridine rings is 1. The van der Waals surface area contributed by atoms with Crippen LogP contribution in [0.15, 0.2) is 12.3 Å². The van der Waals surface area contributed by atoms with Crippen LogP contribution in [0.2, 0.25) is 23.2 Å². The highest BCUT2D eigenvalue weighted by Crippen LogP contribution is 2.37. The number of anilines is 1. The molecule has 1 aromatic rings. The van der Waals surface area contributed by atoms with E-state index in [-0.39, 0.29) is 11.1 Å². The van der Waals surface area contributed by atoms with Crippen molar-refractivity contribution in [3.8, 4) is 5.88 Å². The lowest BCUT2D eigenvalue weighted by molar-refractivity contribution is 0.126. The van der Waals surface area contributed by atoms with Crippen LogP contribution in [0.4, 0.5) is 5.69 Å². The van der Waals surface area contributed by atoms with Crippen molar-refractivity contribution < 1.29 is 9.16 Å². The summed E-state index contributed by atoms with van der Waals surface area (Å²) in [7, 11) is -1.78. The van der Waals surface area contributed by atoms with Crippen molar-refractivity contribution in [3.63, 3.8) is 0 Å². The van der Waals surface area contributed by atoms with Crippen LogP contribution in [-0.2, 0) is 4.43 Å². The Morgan fingerprint density at radius 3 is 2.50 bits per heavy atom. The van der Waals surface area contributed by atoms with E-state index in [1.165, 1.54) is 6.20 Å². The number of nitrogens with two attached hydrogens (primary N) is 1. The van der Waals surface area contributed by atoms with E-state index in [2.05, 4.69) is 38.8 Å². The molecule has 0 aromatic carbocycles. The van der Waals surface area contributed by atoms with Gasteiger partial charge in [-0.3, -0.25) is 0 Å². The average Bonchev–Trinajstić information content (AvgIpc) is 2.25. The molecule has 4 nitrogen and oxygen atoms in total. The second-order valence-electron chi connectivity index (χ2n) is 6.56. The molecule has 1 aromatic heterocycles. The van der Waals surface area contributed by atoms with Gasteiger partial charge >= 0.3 is 0 Å². The zero-order valence-corrected chi connectivity index (χ0v) is 14.9. The van der Waals surface area contributed by atoms with Crippen LogP contribution in [-0.4, -0.2) is 26.0 Å². The number of halogens is 1. The quantitative estimate of drug-likeness (QED) is 0.831. The third-order valence-corrected chi connectivity index (χ3v) is 8.46. The minimum Gasteiger partial charge on any atom is -0.474 e. The number of rotatable bonds is 5. The van der Waals surface area contributed by atoms with Gasteiger partial charge in [-0.25, -0.2) is 4.98 Å². The highest BCUT2D eigenvalue weighted by molar-refractivity contribution is 6.74. The molecule has 1 atom stereocenters.